The van der Waals surface area contributed by atoms with Crippen LogP contribution in [0.3, 0.4) is 0 Å². The van der Waals surface area contributed by atoms with Gasteiger partial charge in [-0.25, -0.2) is 88.8 Å². The number of hydrogen-bond acceptors (Lipinski definition) is 21. The minimum atomic E-state index is -4.39. The van der Waals surface area contributed by atoms with Gasteiger partial charge in [0.25, 0.3) is 6.47 Å². The van der Waals surface area contributed by atoms with Crippen LogP contribution >= 0.6 is 35.1 Å². The number of nitrogens with two attached hydrogens (primary N) is 1. The zero-order valence-corrected chi connectivity index (χ0v) is 65.2. The summed E-state index contributed by atoms with van der Waals surface area (Å²) in [5, 5.41) is 16.9. The van der Waals surface area contributed by atoms with E-state index in [1.54, 1.807) is 35.2 Å². The van der Waals surface area contributed by atoms with Crippen molar-refractivity contribution in [2.24, 2.45) is 27.6 Å². The zero-order valence-electron chi connectivity index (χ0n) is 51.3. The second kappa shape index (κ2) is 36.7. The fourth-order valence-electron chi connectivity index (χ4n) is 9.85. The number of hydrogen-bond donors (Lipinski definition) is 2. The van der Waals surface area contributed by atoms with Crippen LogP contribution in [0.2, 0.25) is 5.15 Å². The summed E-state index contributed by atoms with van der Waals surface area (Å²) in [6, 6.07) is 17.1. The molecule has 0 radical (unpaired) electrons. The van der Waals surface area contributed by atoms with Crippen LogP contribution in [0.25, 0.3) is 23.8 Å². The van der Waals surface area contributed by atoms with Gasteiger partial charge >= 0.3 is 162 Å². The molecule has 3 aromatic carbocycles. The predicted octanol–water partition coefficient (Wildman–Crippen LogP) is 4.53. The second-order valence-electron chi connectivity index (χ2n) is 20.6. The van der Waals surface area contributed by atoms with Gasteiger partial charge in [0.1, 0.15) is 45.9 Å². The van der Waals surface area contributed by atoms with Crippen molar-refractivity contribution in [1.29, 1.82) is 0 Å². The number of carbonyl (C=O) groups is 2. The van der Waals surface area contributed by atoms with Crippen LogP contribution in [0.4, 0.5) is 73.4 Å². The third kappa shape index (κ3) is 21.1. The zero-order chi connectivity index (χ0) is 68.8. The molecule has 0 amide bonds. The average Bonchev–Trinajstić information content (AvgIpc) is 1.56. The number of nitrogens with zero attached hydrogens (tertiary/aromatic N) is 12. The molecule has 19 nitrogen and oxygen atoms in total. The van der Waals surface area contributed by atoms with Crippen LogP contribution in [0.15, 0.2) is 126 Å². The maximum absolute atomic E-state index is 15.7. The van der Waals surface area contributed by atoms with Gasteiger partial charge in [0.2, 0.25) is 17.8 Å². The molecule has 11 rings (SSSR count). The van der Waals surface area contributed by atoms with Crippen molar-refractivity contribution in [2.45, 2.75) is 42.2 Å². The molecule has 0 aliphatic carbocycles. The van der Waals surface area contributed by atoms with Crippen molar-refractivity contribution >= 4 is 93.3 Å². The topological polar surface area (TPSA) is 256 Å². The number of alkyl halides is 8. The van der Waals surface area contributed by atoms with Gasteiger partial charge in [-0.15, -0.1) is 11.8 Å². The van der Waals surface area contributed by atoms with E-state index in [0.717, 1.165) is 49.3 Å². The van der Waals surface area contributed by atoms with Crippen LogP contribution in [-0.4, -0.2) is 143 Å². The number of ketones is 1. The number of ether oxygens (including phenoxy) is 1. The quantitative estimate of drug-likeness (QED) is 0.0393. The summed E-state index contributed by atoms with van der Waals surface area (Å²) in [6.45, 7) is -2.48. The van der Waals surface area contributed by atoms with Crippen molar-refractivity contribution in [3.8, 4) is 5.88 Å². The van der Waals surface area contributed by atoms with E-state index in [-0.39, 0.29) is 233 Å². The van der Waals surface area contributed by atoms with Crippen LogP contribution in [0.1, 0.15) is 51.8 Å². The van der Waals surface area contributed by atoms with Crippen molar-refractivity contribution in [3.63, 3.8) is 0 Å². The van der Waals surface area contributed by atoms with Gasteiger partial charge in [-0.3, -0.25) is 14.6 Å². The third-order valence-electron chi connectivity index (χ3n) is 14.3. The number of carbonyl (C=O) groups excluding carboxylic acids is 2. The molecule has 0 spiro atoms. The first-order valence-electron chi connectivity index (χ1n) is 27.3. The Morgan fingerprint density at radius 2 is 1.16 bits per heavy atom. The van der Waals surface area contributed by atoms with Crippen LogP contribution < -0.4 is 163 Å². The molecule has 3 N–H and O–H groups in total. The van der Waals surface area contributed by atoms with Crippen molar-refractivity contribution in [1.82, 2.24) is 39.9 Å². The number of fused-ring (bicyclic) bond motifs is 2. The average molecular weight is 1670 g/mol. The summed E-state index contributed by atoms with van der Waals surface area (Å²) >= 11 is 8.54. The Bertz CT molecular complexity index is 3950. The molecule has 4 aliphatic heterocycles. The molecule has 0 unspecified atom stereocenters. The van der Waals surface area contributed by atoms with E-state index in [0.29, 0.717) is 40.8 Å². The van der Waals surface area contributed by atoms with Gasteiger partial charge in [-0.2, -0.15) is 17.6 Å². The van der Waals surface area contributed by atoms with E-state index in [9.17, 15) is 48.7 Å². The maximum Gasteiger partial charge on any atom is 1.00 e. The summed E-state index contributed by atoms with van der Waals surface area (Å²) in [4.78, 5) is 69.0. The molecule has 8 heterocycles. The third-order valence-corrected chi connectivity index (χ3v) is 16.6. The number of aliphatic hydroxyl groups excluding tert-OH is 1. The largest absolute Gasteiger partial charge is 1.00 e. The van der Waals surface area contributed by atoms with E-state index in [1.165, 1.54) is 66.3 Å². The first-order chi connectivity index (χ1) is 45.2. The Kier molecular flexibility index (Phi) is 30.7. The first-order valence-corrected chi connectivity index (χ1v) is 29.7. The van der Waals surface area contributed by atoms with E-state index in [4.69, 9.17) is 37.5 Å². The Labute approximate surface area is 674 Å². The number of anilines is 2. The van der Waals surface area contributed by atoms with E-state index >= 15 is 17.6 Å². The molecule has 504 valence electrons. The number of benzene rings is 3. The van der Waals surface area contributed by atoms with E-state index in [2.05, 4.69) is 54.5 Å². The normalized spacial score (nSPS) is 19.0. The molecule has 7 aromatic rings. The fraction of sp³-hybridized carbons (Fsp3) is 0.288. The summed E-state index contributed by atoms with van der Waals surface area (Å²) in [6.07, 6.45) is 3.00. The number of aliphatic hydroxyl groups is 1. The minimum absolute atomic E-state index is 0. The summed E-state index contributed by atoms with van der Waals surface area (Å²) in [5.74, 6) is -11.9. The van der Waals surface area contributed by atoms with Crippen LogP contribution in [0.5, 0.6) is 5.88 Å². The van der Waals surface area contributed by atoms with Gasteiger partial charge in [0.05, 0.1) is 74.1 Å². The van der Waals surface area contributed by atoms with E-state index < -0.39 is 89.8 Å². The summed E-state index contributed by atoms with van der Waals surface area (Å²) in [7, 11) is 0. The molecule has 4 aromatic heterocycles. The Morgan fingerprint density at radius 1 is 0.691 bits per heavy atom. The number of halogens is 15. The summed E-state index contributed by atoms with van der Waals surface area (Å²) in [5.41, 5.74) is 5.05. The Morgan fingerprint density at radius 3 is 1.60 bits per heavy atom. The summed E-state index contributed by atoms with van der Waals surface area (Å²) < 4.78 is 188. The van der Waals surface area contributed by atoms with Gasteiger partial charge in [0, 0.05) is 53.1 Å². The number of aromatic nitrogens is 8. The maximum atomic E-state index is 15.7. The molecule has 2 fully saturated rings. The molecule has 97 heavy (non-hydrogen) atoms. The smallest absolute Gasteiger partial charge is 1.00 e. The second-order valence-corrected chi connectivity index (χ2v) is 23.2. The molecule has 4 atom stereocenters. The molecular weight excluding hydrogens is 1620 g/mol. The molecule has 38 heteroatoms. The van der Waals surface area contributed by atoms with Crippen LogP contribution in [0, 0.1) is 35.1 Å². The predicted molar refractivity (Wildman–Crippen MR) is 321 cm³/mol. The minimum Gasteiger partial charge on any atom is -1.00 e. The Balaban J connectivity index is 0.000000296. The number of aliphatic imine (C=N–C) groups is 2. The molecular formula is C59H48ClCs2F14N13O6S2. The van der Waals surface area contributed by atoms with Gasteiger partial charge < -0.3 is 36.9 Å². The molecule has 2 saturated heterocycles. The van der Waals surface area contributed by atoms with Crippen molar-refractivity contribution in [3.05, 3.63) is 184 Å². The first kappa shape index (κ1) is 81.1. The van der Waals surface area contributed by atoms with Crippen LogP contribution in [-0.2, 0) is 20.8 Å². The van der Waals surface area contributed by atoms with Gasteiger partial charge in [-0.1, -0.05) is 65.8 Å². The number of thioether (sulfide) groups is 2. The number of Topliss-reactive ketones (excluding diaryl/α,β-unsaturated/α-hetero) is 1. The fourth-order valence-corrected chi connectivity index (χ4v) is 12.2. The number of amidine groups is 1. The molecule has 0 bridgehead atoms. The standard InChI is InChI=1S/C30H22ClF3N6OS.C25H20F7N7OS.C3H4F4O.CH2O3.2Cs.H/c31-27-14-35-25(13-36-27)24(34)9-18-6-7-23(33)22(8-18)30-17-40(29-37-11-21(32)12-38-29)15-20(30)16-42-28(39-30)10-26(41)19-4-2-1-3-5-19;26-15-5-36-23(37-6-15)39-9-14-10-41-22(33)38-24(14,11-39)16-3-13(1-2-17(16)27)4-18(28)19-7-35-20(8-34-19)40-12-25(31,32)21(29)30;4-2(5)3(6,7)1-8;2-1-4-3;;;/h1-9,11-14,20H,10,15-17H2;1-8,14,21H,9-12H2,(H2,33,38);2,8H,1H2;1,3H;;;/q;;;;2*+1;-1/p-1/b24-9-;18-4-;;;;;/t20-,30-;14-,24-;;;;;/m00...../s1. The number of rotatable bonds is 18. The Hall–Kier alpha value is -4.83. The van der Waals surface area contributed by atoms with Gasteiger partial charge in [0.15, 0.2) is 40.8 Å². The molecule has 0 saturated carbocycles. The molecule has 4 aliphatic rings. The van der Waals surface area contributed by atoms with Gasteiger partial charge in [-0.05, 0) is 47.5 Å². The SMILES string of the molecule is NC1=N[C@@]2(c3cc(/C=C(\F)c4cnc(OCC(F)(F)C(F)F)cn4)ccc3F)CN(c3ncc(F)cn3)C[C@H]2CS1.O=C(CC1=N[C@@]2(c3cc(/C=C(\F)c4cnc(Cl)cn4)ccc3F)CN(c3ncc(F)cn3)C[C@H]2CS1)c1ccccc1.O=CO[O-].OCC(F)(F)C(F)F.[Cs+].[Cs+].[H-]. The van der Waals surface area contributed by atoms with Crippen molar-refractivity contribution < 1.29 is 230 Å². The van der Waals surface area contributed by atoms with E-state index in [1.807, 2.05) is 11.0 Å². The van der Waals surface area contributed by atoms with Crippen molar-refractivity contribution in [2.75, 3.05) is 60.7 Å². The monoisotopic (exact) mass is 1670 g/mol.